The van der Waals surface area contributed by atoms with E-state index in [1.165, 1.54) is 5.56 Å². The third-order valence-electron chi connectivity index (χ3n) is 6.26. The van der Waals surface area contributed by atoms with Crippen molar-refractivity contribution in [2.24, 2.45) is 5.41 Å². The van der Waals surface area contributed by atoms with Crippen LogP contribution in [0.15, 0.2) is 67.0 Å². The van der Waals surface area contributed by atoms with Crippen LogP contribution in [-0.4, -0.2) is 45.9 Å². The average Bonchev–Trinajstić information content (AvgIpc) is 3.24. The van der Waals surface area contributed by atoms with Gasteiger partial charge in [0.05, 0.1) is 13.2 Å². The van der Waals surface area contributed by atoms with Crippen molar-refractivity contribution in [3.63, 3.8) is 0 Å². The molecule has 1 aliphatic heterocycles. The van der Waals surface area contributed by atoms with Crippen molar-refractivity contribution >= 4 is 0 Å². The molecule has 3 aromatic rings. The molecule has 1 aromatic heterocycles. The van der Waals surface area contributed by atoms with Gasteiger partial charge >= 0.3 is 0 Å². The number of aryl methyl sites for hydroxylation is 1. The third kappa shape index (κ3) is 4.91. The Balaban J connectivity index is 1.32. The van der Waals surface area contributed by atoms with Gasteiger partial charge in [0, 0.05) is 24.7 Å². The third-order valence-corrected chi connectivity index (χ3v) is 6.26. The van der Waals surface area contributed by atoms with Crippen molar-refractivity contribution in [1.82, 2.24) is 14.5 Å². The number of para-hydroxylation sites is 1. The molecule has 1 fully saturated rings. The van der Waals surface area contributed by atoms with Gasteiger partial charge in [0.15, 0.2) is 0 Å². The van der Waals surface area contributed by atoms with E-state index in [1.54, 1.807) is 0 Å². The largest absolute Gasteiger partial charge is 0.494 e. The van der Waals surface area contributed by atoms with Gasteiger partial charge in [0.25, 0.3) is 0 Å². The quantitative estimate of drug-likeness (QED) is 0.610. The first-order valence-corrected chi connectivity index (χ1v) is 10.8. The minimum atomic E-state index is -0.0444. The summed E-state index contributed by atoms with van der Waals surface area (Å²) in [4.78, 5) is 7.05. The Morgan fingerprint density at radius 2 is 1.87 bits per heavy atom. The van der Waals surface area contributed by atoms with Gasteiger partial charge in [-0.25, -0.2) is 4.98 Å². The topological polar surface area (TPSA) is 50.5 Å². The molecule has 1 N–H and O–H groups in total. The highest BCUT2D eigenvalue weighted by Gasteiger charge is 2.34. The zero-order chi connectivity index (χ0) is 20.8. The standard InChI is InChI=1S/C25H31N3O2/c1-21-6-5-7-22(18-21)28-16-13-26-24(28)19-27-14-10-25(20-29,11-15-27)12-17-30-23-8-3-2-4-9-23/h2-9,13,16,18,29H,10-12,14-15,17,19-20H2,1H3. The number of nitrogens with zero attached hydrogens (tertiary/aromatic N) is 3. The summed E-state index contributed by atoms with van der Waals surface area (Å²) in [6.07, 6.45) is 6.75. The molecular weight excluding hydrogens is 374 g/mol. The Morgan fingerprint density at radius 1 is 1.07 bits per heavy atom. The van der Waals surface area contributed by atoms with Crippen molar-refractivity contribution in [3.05, 3.63) is 78.4 Å². The molecule has 0 bridgehead atoms. The SMILES string of the molecule is Cc1cccc(-n2ccnc2CN2CCC(CO)(CCOc3ccccc3)CC2)c1. The molecule has 5 heteroatoms. The van der Waals surface area contributed by atoms with Crippen LogP contribution in [-0.2, 0) is 6.54 Å². The highest BCUT2D eigenvalue weighted by molar-refractivity contribution is 5.36. The normalized spacial score (nSPS) is 16.5. The van der Waals surface area contributed by atoms with E-state index in [1.807, 2.05) is 42.7 Å². The number of benzene rings is 2. The minimum absolute atomic E-state index is 0.0444. The lowest BCUT2D eigenvalue weighted by Gasteiger charge is -2.40. The van der Waals surface area contributed by atoms with E-state index >= 15 is 0 Å². The Labute approximate surface area is 178 Å². The molecule has 4 rings (SSSR count). The molecule has 0 amide bonds. The molecule has 0 atom stereocenters. The Hall–Kier alpha value is -2.63. The van der Waals surface area contributed by atoms with E-state index in [0.717, 1.165) is 56.2 Å². The van der Waals surface area contributed by atoms with Crippen molar-refractivity contribution in [3.8, 4) is 11.4 Å². The first-order chi connectivity index (χ1) is 14.7. The van der Waals surface area contributed by atoms with Gasteiger partial charge in [-0.1, -0.05) is 30.3 Å². The smallest absolute Gasteiger partial charge is 0.127 e. The molecule has 158 valence electrons. The molecule has 0 aliphatic carbocycles. The van der Waals surface area contributed by atoms with Crippen LogP contribution >= 0.6 is 0 Å². The van der Waals surface area contributed by atoms with E-state index in [-0.39, 0.29) is 12.0 Å². The van der Waals surface area contributed by atoms with Crippen LogP contribution in [0.5, 0.6) is 5.75 Å². The first-order valence-electron chi connectivity index (χ1n) is 10.8. The maximum absolute atomic E-state index is 10.1. The Morgan fingerprint density at radius 3 is 2.60 bits per heavy atom. The predicted molar refractivity (Wildman–Crippen MR) is 119 cm³/mol. The zero-order valence-electron chi connectivity index (χ0n) is 17.7. The van der Waals surface area contributed by atoms with Crippen LogP contribution in [0.25, 0.3) is 5.69 Å². The number of aromatic nitrogens is 2. The molecule has 0 radical (unpaired) electrons. The molecule has 1 saturated heterocycles. The predicted octanol–water partition coefficient (Wildman–Crippen LogP) is 4.22. The molecule has 0 unspecified atom stereocenters. The molecule has 5 nitrogen and oxygen atoms in total. The fourth-order valence-electron chi connectivity index (χ4n) is 4.24. The molecule has 2 aromatic carbocycles. The van der Waals surface area contributed by atoms with Gasteiger partial charge in [-0.05, 0) is 74.5 Å². The summed E-state index contributed by atoms with van der Waals surface area (Å²) in [5, 5.41) is 10.1. The van der Waals surface area contributed by atoms with Crippen LogP contribution < -0.4 is 4.74 Å². The number of piperidine rings is 1. The van der Waals surface area contributed by atoms with Gasteiger partial charge in [0.2, 0.25) is 0 Å². The van der Waals surface area contributed by atoms with E-state index < -0.39 is 0 Å². The van der Waals surface area contributed by atoms with Crippen LogP contribution in [0.4, 0.5) is 0 Å². The molecule has 0 saturated carbocycles. The van der Waals surface area contributed by atoms with Crippen LogP contribution in [0.2, 0.25) is 0 Å². The van der Waals surface area contributed by atoms with Crippen LogP contribution in [0.3, 0.4) is 0 Å². The van der Waals surface area contributed by atoms with E-state index in [9.17, 15) is 5.11 Å². The van der Waals surface area contributed by atoms with Crippen molar-refractivity contribution in [2.75, 3.05) is 26.3 Å². The molecule has 1 aliphatic rings. The highest BCUT2D eigenvalue weighted by atomic mass is 16.5. The van der Waals surface area contributed by atoms with Gasteiger partial charge < -0.3 is 14.4 Å². The van der Waals surface area contributed by atoms with Gasteiger partial charge in [-0.2, -0.15) is 0 Å². The summed E-state index contributed by atoms with van der Waals surface area (Å²) in [6.45, 7) is 5.72. The first kappa shape index (κ1) is 20.6. The molecule has 30 heavy (non-hydrogen) atoms. The zero-order valence-corrected chi connectivity index (χ0v) is 17.7. The number of hydrogen-bond donors (Lipinski definition) is 1. The second kappa shape index (κ2) is 9.45. The summed E-state index contributed by atoms with van der Waals surface area (Å²) < 4.78 is 8.06. The van der Waals surface area contributed by atoms with Gasteiger partial charge in [0.1, 0.15) is 11.6 Å². The van der Waals surface area contributed by atoms with Crippen LogP contribution in [0.1, 0.15) is 30.7 Å². The lowest BCUT2D eigenvalue weighted by atomic mass is 9.76. The Bertz CT molecular complexity index is 930. The number of hydrogen-bond acceptors (Lipinski definition) is 4. The van der Waals surface area contributed by atoms with E-state index in [4.69, 9.17) is 4.74 Å². The fourth-order valence-corrected chi connectivity index (χ4v) is 4.24. The van der Waals surface area contributed by atoms with Gasteiger partial charge in [-0.3, -0.25) is 4.90 Å². The van der Waals surface area contributed by atoms with Crippen LogP contribution in [0, 0.1) is 12.3 Å². The number of aliphatic hydroxyl groups is 1. The number of ether oxygens (including phenoxy) is 1. The highest BCUT2D eigenvalue weighted by Crippen LogP contribution is 2.35. The second-order valence-corrected chi connectivity index (χ2v) is 8.40. The average molecular weight is 406 g/mol. The lowest BCUT2D eigenvalue weighted by Crippen LogP contribution is -2.42. The summed E-state index contributed by atoms with van der Waals surface area (Å²) in [7, 11) is 0. The maximum Gasteiger partial charge on any atom is 0.127 e. The maximum atomic E-state index is 10.1. The summed E-state index contributed by atoms with van der Waals surface area (Å²) >= 11 is 0. The number of rotatable bonds is 8. The van der Waals surface area contributed by atoms with Crippen molar-refractivity contribution in [2.45, 2.75) is 32.7 Å². The van der Waals surface area contributed by atoms with E-state index in [2.05, 4.69) is 45.6 Å². The molecule has 2 heterocycles. The minimum Gasteiger partial charge on any atom is -0.494 e. The Kier molecular flexibility index (Phi) is 6.50. The van der Waals surface area contributed by atoms with Gasteiger partial charge in [-0.15, -0.1) is 0 Å². The van der Waals surface area contributed by atoms with Crippen molar-refractivity contribution in [1.29, 1.82) is 0 Å². The fraction of sp³-hybridized carbons (Fsp3) is 0.400. The molecular formula is C25H31N3O2. The summed E-state index contributed by atoms with van der Waals surface area (Å²) in [6, 6.07) is 18.4. The van der Waals surface area contributed by atoms with Crippen molar-refractivity contribution < 1.29 is 9.84 Å². The number of aliphatic hydroxyl groups excluding tert-OH is 1. The lowest BCUT2D eigenvalue weighted by molar-refractivity contribution is 0.0235. The second-order valence-electron chi connectivity index (χ2n) is 8.40. The summed E-state index contributed by atoms with van der Waals surface area (Å²) in [5.74, 6) is 1.95. The van der Waals surface area contributed by atoms with E-state index in [0.29, 0.717) is 6.61 Å². The summed E-state index contributed by atoms with van der Waals surface area (Å²) in [5.41, 5.74) is 2.36. The monoisotopic (exact) mass is 405 g/mol. The molecule has 0 spiro atoms. The number of likely N-dealkylation sites (tertiary alicyclic amines) is 1. The number of imidazole rings is 1.